The minimum atomic E-state index is -3.90. The van der Waals surface area contributed by atoms with Gasteiger partial charge in [0.05, 0.1) is 13.2 Å². The molecule has 0 radical (unpaired) electrons. The minimum absolute atomic E-state index is 0.0291. The molecule has 1 atom stereocenters. The minimum Gasteiger partial charge on any atom is -0.495 e. The second-order valence-electron chi connectivity index (χ2n) is 6.37. The zero-order valence-electron chi connectivity index (χ0n) is 15.0. The lowest BCUT2D eigenvalue weighted by Crippen LogP contribution is -2.46. The van der Waals surface area contributed by atoms with E-state index in [2.05, 4.69) is 4.72 Å². The van der Waals surface area contributed by atoms with Gasteiger partial charge in [-0.25, -0.2) is 8.42 Å². The van der Waals surface area contributed by atoms with Gasteiger partial charge in [-0.2, -0.15) is 4.72 Å². The SMILES string of the molecule is COc1ccc(C)cc1S(=O)(=O)N[C@@H](C)C(=O)N1CCc2ccccc21. The molecule has 0 saturated carbocycles. The van der Waals surface area contributed by atoms with Crippen LogP contribution in [0.15, 0.2) is 47.4 Å². The third-order valence-corrected chi connectivity index (χ3v) is 6.03. The van der Waals surface area contributed by atoms with Gasteiger partial charge in [0.15, 0.2) is 0 Å². The molecule has 1 aliphatic rings. The lowest BCUT2D eigenvalue weighted by Gasteiger charge is -2.22. The van der Waals surface area contributed by atoms with E-state index < -0.39 is 16.1 Å². The Labute approximate surface area is 153 Å². The molecule has 0 bridgehead atoms. The molecule has 7 heteroatoms. The van der Waals surface area contributed by atoms with Gasteiger partial charge < -0.3 is 9.64 Å². The van der Waals surface area contributed by atoms with Crippen LogP contribution in [0.25, 0.3) is 0 Å². The summed E-state index contributed by atoms with van der Waals surface area (Å²) in [5.74, 6) is -0.0283. The zero-order valence-corrected chi connectivity index (χ0v) is 15.8. The second kappa shape index (κ2) is 7.09. The standard InChI is InChI=1S/C19H22N2O4S/c1-13-8-9-17(25-3)18(12-13)26(23,24)20-14(2)19(22)21-11-10-15-6-4-5-7-16(15)21/h4-9,12,14,20H,10-11H2,1-3H3/t14-/m0/s1. The molecule has 0 aromatic heterocycles. The van der Waals surface area contributed by atoms with Crippen LogP contribution in [0.2, 0.25) is 0 Å². The third-order valence-electron chi connectivity index (χ3n) is 4.46. The van der Waals surface area contributed by atoms with E-state index in [4.69, 9.17) is 4.74 Å². The predicted octanol–water partition coefficient (Wildman–Crippen LogP) is 2.26. The van der Waals surface area contributed by atoms with Gasteiger partial charge in [0.2, 0.25) is 15.9 Å². The average Bonchev–Trinajstić information content (AvgIpc) is 3.04. The average molecular weight is 374 g/mol. The number of rotatable bonds is 5. The molecule has 1 heterocycles. The lowest BCUT2D eigenvalue weighted by atomic mass is 10.2. The Morgan fingerprint density at radius 2 is 1.96 bits per heavy atom. The largest absolute Gasteiger partial charge is 0.495 e. The molecule has 3 rings (SSSR count). The molecule has 2 aromatic rings. The Balaban J connectivity index is 1.82. The smallest absolute Gasteiger partial charge is 0.244 e. The maximum absolute atomic E-state index is 12.8. The Kier molecular flexibility index (Phi) is 5.02. The van der Waals surface area contributed by atoms with Crippen molar-refractivity contribution < 1.29 is 17.9 Å². The van der Waals surface area contributed by atoms with Crippen LogP contribution in [0.1, 0.15) is 18.1 Å². The number of hydrogen-bond donors (Lipinski definition) is 1. The number of benzene rings is 2. The van der Waals surface area contributed by atoms with Crippen molar-refractivity contribution in [2.24, 2.45) is 0 Å². The van der Waals surface area contributed by atoms with Crippen molar-refractivity contribution in [2.75, 3.05) is 18.6 Å². The number of aryl methyl sites for hydroxylation is 1. The highest BCUT2D eigenvalue weighted by Gasteiger charge is 2.31. The first kappa shape index (κ1) is 18.4. The van der Waals surface area contributed by atoms with Gasteiger partial charge >= 0.3 is 0 Å². The summed E-state index contributed by atoms with van der Waals surface area (Å²) in [5, 5.41) is 0. The molecule has 26 heavy (non-hydrogen) atoms. The number of nitrogens with one attached hydrogen (secondary N) is 1. The molecular weight excluding hydrogens is 352 g/mol. The number of sulfonamides is 1. The van der Waals surface area contributed by atoms with Crippen molar-refractivity contribution in [1.29, 1.82) is 0 Å². The topological polar surface area (TPSA) is 75.7 Å². The van der Waals surface area contributed by atoms with Crippen LogP contribution in [0.3, 0.4) is 0 Å². The lowest BCUT2D eigenvalue weighted by molar-refractivity contribution is -0.119. The fourth-order valence-corrected chi connectivity index (χ4v) is 4.59. The van der Waals surface area contributed by atoms with Crippen LogP contribution in [-0.4, -0.2) is 34.0 Å². The highest BCUT2D eigenvalue weighted by atomic mass is 32.2. The van der Waals surface area contributed by atoms with E-state index in [1.54, 1.807) is 30.9 Å². The number of fused-ring (bicyclic) bond motifs is 1. The van der Waals surface area contributed by atoms with E-state index in [1.165, 1.54) is 13.2 Å². The molecule has 2 aromatic carbocycles. The second-order valence-corrected chi connectivity index (χ2v) is 8.05. The van der Waals surface area contributed by atoms with Gasteiger partial charge in [-0.15, -0.1) is 0 Å². The number of nitrogens with zero attached hydrogens (tertiary/aromatic N) is 1. The number of carbonyl (C=O) groups is 1. The van der Waals surface area contributed by atoms with Crippen molar-refractivity contribution in [3.8, 4) is 5.75 Å². The molecule has 1 aliphatic heterocycles. The first-order chi connectivity index (χ1) is 12.3. The van der Waals surface area contributed by atoms with E-state index in [-0.39, 0.29) is 16.6 Å². The number of methoxy groups -OCH3 is 1. The third kappa shape index (κ3) is 3.45. The van der Waals surface area contributed by atoms with Crippen LogP contribution in [0.5, 0.6) is 5.75 Å². The Morgan fingerprint density at radius 3 is 2.69 bits per heavy atom. The molecular formula is C19H22N2O4S. The highest BCUT2D eigenvalue weighted by Crippen LogP contribution is 2.29. The molecule has 1 amide bonds. The summed E-state index contributed by atoms with van der Waals surface area (Å²) in [7, 11) is -2.48. The Morgan fingerprint density at radius 1 is 1.23 bits per heavy atom. The Bertz CT molecular complexity index is 940. The van der Waals surface area contributed by atoms with Gasteiger partial charge in [0, 0.05) is 12.2 Å². The van der Waals surface area contributed by atoms with E-state index >= 15 is 0 Å². The molecule has 1 N–H and O–H groups in total. The van der Waals surface area contributed by atoms with E-state index in [9.17, 15) is 13.2 Å². The van der Waals surface area contributed by atoms with Crippen LogP contribution in [0.4, 0.5) is 5.69 Å². The van der Waals surface area contributed by atoms with Gasteiger partial charge in [-0.05, 0) is 49.6 Å². The maximum Gasteiger partial charge on any atom is 0.244 e. The fraction of sp³-hybridized carbons (Fsp3) is 0.316. The van der Waals surface area contributed by atoms with E-state index in [0.29, 0.717) is 6.54 Å². The Hall–Kier alpha value is -2.38. The van der Waals surface area contributed by atoms with Crippen molar-refractivity contribution in [3.05, 3.63) is 53.6 Å². The molecule has 0 unspecified atom stereocenters. The highest BCUT2D eigenvalue weighted by molar-refractivity contribution is 7.89. The summed E-state index contributed by atoms with van der Waals surface area (Å²) in [6.07, 6.45) is 0.771. The van der Waals surface area contributed by atoms with Gasteiger partial charge in [0.1, 0.15) is 10.6 Å². The van der Waals surface area contributed by atoms with Crippen molar-refractivity contribution >= 4 is 21.6 Å². The first-order valence-corrected chi connectivity index (χ1v) is 9.88. The van der Waals surface area contributed by atoms with Crippen LogP contribution < -0.4 is 14.4 Å². The van der Waals surface area contributed by atoms with E-state index in [1.807, 2.05) is 24.3 Å². The summed E-state index contributed by atoms with van der Waals surface area (Å²) in [5.41, 5.74) is 2.73. The number of carbonyl (C=O) groups excluding carboxylic acids is 1. The number of anilines is 1. The van der Waals surface area contributed by atoms with E-state index in [0.717, 1.165) is 23.2 Å². The number of hydrogen-bond acceptors (Lipinski definition) is 4. The molecule has 0 fully saturated rings. The van der Waals surface area contributed by atoms with Crippen molar-refractivity contribution in [2.45, 2.75) is 31.2 Å². The summed E-state index contributed by atoms with van der Waals surface area (Å²) >= 11 is 0. The first-order valence-electron chi connectivity index (χ1n) is 8.40. The fourth-order valence-electron chi connectivity index (χ4n) is 3.14. The maximum atomic E-state index is 12.8. The predicted molar refractivity (Wildman–Crippen MR) is 100 cm³/mol. The molecule has 6 nitrogen and oxygen atoms in total. The van der Waals surface area contributed by atoms with Gasteiger partial charge in [-0.1, -0.05) is 24.3 Å². The van der Waals surface area contributed by atoms with Gasteiger partial charge in [0.25, 0.3) is 0 Å². The monoisotopic (exact) mass is 374 g/mol. The summed E-state index contributed by atoms with van der Waals surface area (Å²) < 4.78 is 33.2. The molecule has 138 valence electrons. The van der Waals surface area contributed by atoms with Crippen LogP contribution >= 0.6 is 0 Å². The van der Waals surface area contributed by atoms with Crippen LogP contribution in [0, 0.1) is 6.92 Å². The summed E-state index contributed by atoms with van der Waals surface area (Å²) in [4.78, 5) is 14.5. The summed E-state index contributed by atoms with van der Waals surface area (Å²) in [6, 6.07) is 11.7. The number of amides is 1. The summed E-state index contributed by atoms with van der Waals surface area (Å²) in [6.45, 7) is 3.91. The van der Waals surface area contributed by atoms with Crippen LogP contribution in [-0.2, 0) is 21.2 Å². The number of para-hydroxylation sites is 1. The molecule has 0 saturated heterocycles. The quantitative estimate of drug-likeness (QED) is 0.871. The number of ether oxygens (including phenoxy) is 1. The van der Waals surface area contributed by atoms with Gasteiger partial charge in [-0.3, -0.25) is 4.79 Å². The zero-order chi connectivity index (χ0) is 18.9. The molecule has 0 aliphatic carbocycles. The molecule has 0 spiro atoms. The normalized spacial score (nSPS) is 14.8. The van der Waals surface area contributed by atoms with Crippen molar-refractivity contribution in [3.63, 3.8) is 0 Å². The van der Waals surface area contributed by atoms with Crippen molar-refractivity contribution in [1.82, 2.24) is 4.72 Å².